The lowest BCUT2D eigenvalue weighted by Crippen LogP contribution is -2.36. The van der Waals surface area contributed by atoms with Crippen LogP contribution in [0.4, 0.5) is 0 Å². The maximum absolute atomic E-state index is 11.6. The molecular formula is C12H23NO2. The molecule has 15 heavy (non-hydrogen) atoms. The molecule has 1 aliphatic heterocycles. The maximum Gasteiger partial charge on any atom is 0.311 e. The summed E-state index contributed by atoms with van der Waals surface area (Å²) in [7, 11) is 3.62. The van der Waals surface area contributed by atoms with E-state index in [0.29, 0.717) is 5.92 Å². The van der Waals surface area contributed by atoms with Crippen molar-refractivity contribution in [1.29, 1.82) is 0 Å². The fourth-order valence-electron chi connectivity index (χ4n) is 2.52. The highest BCUT2D eigenvalue weighted by Crippen LogP contribution is 2.31. The Hall–Kier alpha value is -0.570. The van der Waals surface area contributed by atoms with Crippen molar-refractivity contribution in [3.8, 4) is 0 Å². The summed E-state index contributed by atoms with van der Waals surface area (Å²) in [6.07, 6.45) is 3.42. The van der Waals surface area contributed by atoms with Crippen LogP contribution in [0, 0.1) is 11.3 Å². The van der Waals surface area contributed by atoms with Gasteiger partial charge >= 0.3 is 5.97 Å². The van der Waals surface area contributed by atoms with Crippen LogP contribution in [0.2, 0.25) is 0 Å². The zero-order valence-electron chi connectivity index (χ0n) is 10.4. The number of hydrogen-bond donors (Lipinski definition) is 0. The van der Waals surface area contributed by atoms with E-state index in [0.717, 1.165) is 13.0 Å². The average molecular weight is 213 g/mol. The highest BCUT2D eigenvalue weighted by molar-refractivity contribution is 5.75. The summed E-state index contributed by atoms with van der Waals surface area (Å²) in [5, 5.41) is 0. The Balaban J connectivity index is 2.49. The summed E-state index contributed by atoms with van der Waals surface area (Å²) >= 11 is 0. The molecular weight excluding hydrogens is 190 g/mol. The van der Waals surface area contributed by atoms with Gasteiger partial charge in [-0.05, 0) is 52.6 Å². The fourth-order valence-corrected chi connectivity index (χ4v) is 2.52. The SMILES string of the molecule is COC(=O)C(C)(C)CC1CCCN(C)C1. The third-order valence-electron chi connectivity index (χ3n) is 3.26. The molecule has 0 saturated carbocycles. The second-order valence-electron chi connectivity index (χ2n) is 5.35. The lowest BCUT2D eigenvalue weighted by molar-refractivity contribution is -0.152. The Morgan fingerprint density at radius 1 is 1.53 bits per heavy atom. The molecule has 1 aliphatic rings. The lowest BCUT2D eigenvalue weighted by atomic mass is 9.80. The van der Waals surface area contributed by atoms with Crippen LogP contribution >= 0.6 is 0 Å². The molecule has 1 unspecified atom stereocenters. The average Bonchev–Trinajstić information content (AvgIpc) is 2.15. The van der Waals surface area contributed by atoms with Crippen LogP contribution < -0.4 is 0 Å². The molecule has 0 aromatic heterocycles. The summed E-state index contributed by atoms with van der Waals surface area (Å²) in [6.45, 7) is 6.26. The Morgan fingerprint density at radius 2 is 2.20 bits per heavy atom. The first-order chi connectivity index (χ1) is 6.95. The van der Waals surface area contributed by atoms with Gasteiger partial charge in [0.05, 0.1) is 12.5 Å². The number of hydrogen-bond acceptors (Lipinski definition) is 3. The van der Waals surface area contributed by atoms with Gasteiger partial charge in [0.25, 0.3) is 0 Å². The molecule has 0 aliphatic carbocycles. The van der Waals surface area contributed by atoms with Crippen LogP contribution in [0.3, 0.4) is 0 Å². The van der Waals surface area contributed by atoms with E-state index >= 15 is 0 Å². The van der Waals surface area contributed by atoms with Gasteiger partial charge in [-0.3, -0.25) is 4.79 Å². The van der Waals surface area contributed by atoms with Gasteiger partial charge in [-0.15, -0.1) is 0 Å². The second kappa shape index (κ2) is 4.97. The van der Waals surface area contributed by atoms with Crippen LogP contribution in [-0.4, -0.2) is 38.1 Å². The van der Waals surface area contributed by atoms with Crippen LogP contribution in [0.25, 0.3) is 0 Å². The lowest BCUT2D eigenvalue weighted by Gasteiger charge is -2.34. The van der Waals surface area contributed by atoms with Crippen molar-refractivity contribution in [1.82, 2.24) is 4.90 Å². The van der Waals surface area contributed by atoms with Gasteiger partial charge < -0.3 is 9.64 Å². The van der Waals surface area contributed by atoms with E-state index in [-0.39, 0.29) is 11.4 Å². The van der Waals surface area contributed by atoms with Crippen LogP contribution in [0.15, 0.2) is 0 Å². The largest absolute Gasteiger partial charge is 0.469 e. The molecule has 1 heterocycles. The molecule has 0 radical (unpaired) electrons. The molecule has 88 valence electrons. The zero-order valence-corrected chi connectivity index (χ0v) is 10.4. The number of methoxy groups -OCH3 is 1. The monoisotopic (exact) mass is 213 g/mol. The minimum absolute atomic E-state index is 0.0873. The molecule has 1 saturated heterocycles. The van der Waals surface area contributed by atoms with Gasteiger partial charge in [-0.25, -0.2) is 0 Å². The first-order valence-corrected chi connectivity index (χ1v) is 5.72. The minimum atomic E-state index is -0.336. The van der Waals surface area contributed by atoms with Gasteiger partial charge in [0.2, 0.25) is 0 Å². The molecule has 1 rings (SSSR count). The third kappa shape index (κ3) is 3.49. The van der Waals surface area contributed by atoms with Crippen molar-refractivity contribution in [2.75, 3.05) is 27.2 Å². The number of likely N-dealkylation sites (tertiary alicyclic amines) is 1. The molecule has 0 N–H and O–H groups in total. The molecule has 0 bridgehead atoms. The van der Waals surface area contributed by atoms with Gasteiger partial charge in [0.1, 0.15) is 0 Å². The minimum Gasteiger partial charge on any atom is -0.469 e. The van der Waals surface area contributed by atoms with Crippen LogP contribution in [0.5, 0.6) is 0 Å². The first kappa shape index (κ1) is 12.5. The number of ether oxygens (including phenoxy) is 1. The zero-order chi connectivity index (χ0) is 11.5. The smallest absolute Gasteiger partial charge is 0.311 e. The number of nitrogens with zero attached hydrogens (tertiary/aromatic N) is 1. The summed E-state index contributed by atoms with van der Waals surface area (Å²) in [5.41, 5.74) is -0.336. The van der Waals surface area contributed by atoms with E-state index in [1.807, 2.05) is 13.8 Å². The van der Waals surface area contributed by atoms with E-state index in [1.165, 1.54) is 26.5 Å². The third-order valence-corrected chi connectivity index (χ3v) is 3.26. The molecule has 0 aromatic rings. The highest BCUT2D eigenvalue weighted by atomic mass is 16.5. The summed E-state index contributed by atoms with van der Waals surface area (Å²) in [6, 6.07) is 0. The van der Waals surface area contributed by atoms with Crippen molar-refractivity contribution < 1.29 is 9.53 Å². The predicted octanol–water partition coefficient (Wildman–Crippen LogP) is 1.92. The van der Waals surface area contributed by atoms with E-state index in [2.05, 4.69) is 11.9 Å². The topological polar surface area (TPSA) is 29.5 Å². The molecule has 0 spiro atoms. The van der Waals surface area contributed by atoms with E-state index in [4.69, 9.17) is 4.74 Å². The first-order valence-electron chi connectivity index (χ1n) is 5.72. The van der Waals surface area contributed by atoms with E-state index in [9.17, 15) is 4.79 Å². The Kier molecular flexibility index (Phi) is 4.14. The van der Waals surface area contributed by atoms with Gasteiger partial charge in [0.15, 0.2) is 0 Å². The van der Waals surface area contributed by atoms with Gasteiger partial charge in [0, 0.05) is 6.54 Å². The number of rotatable bonds is 3. The molecule has 3 heteroatoms. The fraction of sp³-hybridized carbons (Fsp3) is 0.917. The van der Waals surface area contributed by atoms with Crippen molar-refractivity contribution in [2.24, 2.45) is 11.3 Å². The maximum atomic E-state index is 11.6. The van der Waals surface area contributed by atoms with Crippen LogP contribution in [-0.2, 0) is 9.53 Å². The Bertz CT molecular complexity index is 226. The van der Waals surface area contributed by atoms with Crippen molar-refractivity contribution in [3.05, 3.63) is 0 Å². The molecule has 1 fully saturated rings. The van der Waals surface area contributed by atoms with Crippen molar-refractivity contribution >= 4 is 5.97 Å². The van der Waals surface area contributed by atoms with Crippen molar-refractivity contribution in [3.63, 3.8) is 0 Å². The Labute approximate surface area is 92.8 Å². The standard InChI is InChI=1S/C12H23NO2/c1-12(2,11(14)15-4)8-10-6-5-7-13(3)9-10/h10H,5-9H2,1-4H3. The molecule has 3 nitrogen and oxygen atoms in total. The summed E-state index contributed by atoms with van der Waals surface area (Å²) in [4.78, 5) is 13.9. The molecule has 0 amide bonds. The van der Waals surface area contributed by atoms with Gasteiger partial charge in [-0.2, -0.15) is 0 Å². The number of piperidine rings is 1. The molecule has 1 atom stereocenters. The Morgan fingerprint density at radius 3 is 2.73 bits per heavy atom. The number of carbonyl (C=O) groups is 1. The van der Waals surface area contributed by atoms with Gasteiger partial charge in [-0.1, -0.05) is 0 Å². The normalized spacial score (nSPS) is 23.9. The highest BCUT2D eigenvalue weighted by Gasteiger charge is 2.33. The van der Waals surface area contributed by atoms with Crippen LogP contribution in [0.1, 0.15) is 33.1 Å². The predicted molar refractivity (Wildman–Crippen MR) is 60.6 cm³/mol. The summed E-state index contributed by atoms with van der Waals surface area (Å²) < 4.78 is 4.83. The quantitative estimate of drug-likeness (QED) is 0.671. The van der Waals surface area contributed by atoms with E-state index < -0.39 is 0 Å². The number of carbonyl (C=O) groups excluding carboxylic acids is 1. The number of esters is 1. The molecule has 0 aromatic carbocycles. The van der Waals surface area contributed by atoms with Crippen molar-refractivity contribution in [2.45, 2.75) is 33.1 Å². The van der Waals surface area contributed by atoms with E-state index in [1.54, 1.807) is 0 Å². The second-order valence-corrected chi connectivity index (χ2v) is 5.35. The summed E-state index contributed by atoms with van der Waals surface area (Å²) in [5.74, 6) is 0.550.